The van der Waals surface area contributed by atoms with Crippen LogP contribution in [0.15, 0.2) is 47.2 Å². The van der Waals surface area contributed by atoms with Gasteiger partial charge in [0.2, 0.25) is 5.76 Å². The highest BCUT2D eigenvalue weighted by Crippen LogP contribution is 2.25. The van der Waals surface area contributed by atoms with Crippen molar-refractivity contribution in [3.05, 3.63) is 48.5 Å². The molecule has 1 aliphatic carbocycles. The third-order valence-corrected chi connectivity index (χ3v) is 4.69. The minimum absolute atomic E-state index is 0.0515. The predicted molar refractivity (Wildman–Crippen MR) is 97.2 cm³/mol. The first-order chi connectivity index (χ1) is 13.1. The van der Waals surface area contributed by atoms with Crippen LogP contribution in [0.3, 0.4) is 0 Å². The Morgan fingerprint density at radius 2 is 1.96 bits per heavy atom. The van der Waals surface area contributed by atoms with Crippen LogP contribution >= 0.6 is 0 Å². The molecule has 2 aromatic heterocycles. The van der Waals surface area contributed by atoms with E-state index < -0.39 is 0 Å². The minimum atomic E-state index is -0.291. The summed E-state index contributed by atoms with van der Waals surface area (Å²) in [6, 6.07) is 9.67. The molecule has 0 aliphatic heterocycles. The van der Waals surface area contributed by atoms with Crippen LogP contribution in [0, 0.1) is 11.5 Å². The molecular formula is C19H18N6O2. The molecule has 0 spiro atoms. The summed E-state index contributed by atoms with van der Waals surface area (Å²) in [7, 11) is 1.88. The summed E-state index contributed by atoms with van der Waals surface area (Å²) < 4.78 is 6.96. The molecule has 3 aromatic rings. The average molecular weight is 362 g/mol. The molecule has 0 radical (unpaired) electrons. The molecule has 136 valence electrons. The zero-order chi connectivity index (χ0) is 18.8. The average Bonchev–Trinajstić information content (AvgIpc) is 3.29. The van der Waals surface area contributed by atoms with Gasteiger partial charge in [-0.05, 0) is 18.4 Å². The van der Waals surface area contributed by atoms with E-state index >= 15 is 0 Å². The molecule has 27 heavy (non-hydrogen) atoms. The van der Waals surface area contributed by atoms with Crippen molar-refractivity contribution >= 4 is 5.91 Å². The first-order valence-corrected chi connectivity index (χ1v) is 8.64. The van der Waals surface area contributed by atoms with Crippen molar-refractivity contribution in [1.29, 1.82) is 5.26 Å². The van der Waals surface area contributed by atoms with Gasteiger partial charge in [0.25, 0.3) is 5.91 Å². The maximum absolute atomic E-state index is 12.3. The van der Waals surface area contributed by atoms with Gasteiger partial charge < -0.3 is 15.2 Å². The van der Waals surface area contributed by atoms with Crippen molar-refractivity contribution in [1.82, 2.24) is 25.6 Å². The molecule has 0 atom stereocenters. The van der Waals surface area contributed by atoms with Crippen LogP contribution in [0.5, 0.6) is 0 Å². The van der Waals surface area contributed by atoms with Crippen LogP contribution in [-0.2, 0) is 7.05 Å². The molecule has 4 rings (SSSR count). The van der Waals surface area contributed by atoms with E-state index in [-0.39, 0.29) is 23.8 Å². The minimum Gasteiger partial charge on any atom is -0.350 e. The van der Waals surface area contributed by atoms with E-state index in [2.05, 4.69) is 20.9 Å². The third kappa shape index (κ3) is 3.53. The second-order valence-corrected chi connectivity index (χ2v) is 6.65. The van der Waals surface area contributed by atoms with E-state index in [1.54, 1.807) is 10.7 Å². The monoisotopic (exact) mass is 362 g/mol. The zero-order valence-corrected chi connectivity index (χ0v) is 14.7. The molecule has 2 heterocycles. The molecular weight excluding hydrogens is 344 g/mol. The van der Waals surface area contributed by atoms with Crippen molar-refractivity contribution in [2.24, 2.45) is 7.05 Å². The summed E-state index contributed by atoms with van der Waals surface area (Å²) >= 11 is 0. The largest absolute Gasteiger partial charge is 0.350 e. The second kappa shape index (κ2) is 6.96. The molecule has 1 aromatic carbocycles. The number of aromatic nitrogens is 3. The quantitative estimate of drug-likeness (QED) is 0.531. The van der Waals surface area contributed by atoms with Gasteiger partial charge in [0, 0.05) is 42.5 Å². The summed E-state index contributed by atoms with van der Waals surface area (Å²) in [6.07, 6.45) is 7.14. The van der Waals surface area contributed by atoms with Crippen LogP contribution < -0.4 is 10.6 Å². The topological polar surface area (TPSA) is 109 Å². The first-order valence-electron chi connectivity index (χ1n) is 8.64. The summed E-state index contributed by atoms with van der Waals surface area (Å²) in [4.78, 5) is 12.3. The van der Waals surface area contributed by atoms with E-state index in [1.165, 1.54) is 0 Å². The van der Waals surface area contributed by atoms with Gasteiger partial charge in [0.1, 0.15) is 5.69 Å². The highest BCUT2D eigenvalue weighted by Gasteiger charge is 2.31. The number of rotatable bonds is 5. The number of carbonyl (C=O) groups excluding carboxylic acids is 1. The van der Waals surface area contributed by atoms with Crippen LogP contribution in [0.2, 0.25) is 0 Å². The van der Waals surface area contributed by atoms with Gasteiger partial charge in [-0.2, -0.15) is 10.4 Å². The number of nitriles is 1. The van der Waals surface area contributed by atoms with Gasteiger partial charge in [-0.3, -0.25) is 9.48 Å². The van der Waals surface area contributed by atoms with Crippen LogP contribution in [0.4, 0.5) is 0 Å². The van der Waals surface area contributed by atoms with Gasteiger partial charge in [0.05, 0.1) is 6.20 Å². The number of benzene rings is 1. The molecule has 2 N–H and O–H groups in total. The van der Waals surface area contributed by atoms with Crippen LogP contribution in [-0.4, -0.2) is 32.9 Å². The lowest BCUT2D eigenvalue weighted by Crippen LogP contribution is -2.51. The van der Waals surface area contributed by atoms with Crippen molar-refractivity contribution < 1.29 is 9.32 Å². The number of amides is 1. The van der Waals surface area contributed by atoms with Crippen molar-refractivity contribution in [2.75, 3.05) is 0 Å². The Kier molecular flexibility index (Phi) is 4.34. The molecule has 0 bridgehead atoms. The number of nitrogens with zero attached hydrogens (tertiary/aromatic N) is 4. The van der Waals surface area contributed by atoms with E-state index in [4.69, 9.17) is 9.78 Å². The lowest BCUT2D eigenvalue weighted by atomic mass is 9.87. The zero-order valence-electron chi connectivity index (χ0n) is 14.7. The number of hydrogen-bond donors (Lipinski definition) is 2. The second-order valence-electron chi connectivity index (χ2n) is 6.65. The molecule has 8 heteroatoms. The first kappa shape index (κ1) is 16.8. The van der Waals surface area contributed by atoms with Gasteiger partial charge in [-0.25, -0.2) is 0 Å². The van der Waals surface area contributed by atoms with E-state index in [1.807, 2.05) is 49.9 Å². The maximum atomic E-state index is 12.3. The molecule has 0 unspecified atom stereocenters. The van der Waals surface area contributed by atoms with Crippen LogP contribution in [0.1, 0.15) is 23.4 Å². The van der Waals surface area contributed by atoms with E-state index in [0.717, 1.165) is 29.5 Å². The van der Waals surface area contributed by atoms with Crippen LogP contribution in [0.25, 0.3) is 22.4 Å². The Hall–Kier alpha value is -3.60. The standard InChI is InChI=1S/C19H18N6O2/c1-25-10-14(9-22-25)12-2-4-13(5-3-12)17-8-18(27-24-17)19(26)23-16-6-15(7-16)21-11-20/h2-5,8-10,15-16,21H,6-7H2,1H3,(H,23,26). The molecule has 1 fully saturated rings. The molecule has 0 saturated heterocycles. The molecule has 1 amide bonds. The SMILES string of the molecule is Cn1cc(-c2ccc(-c3cc(C(=O)NC4CC(NC#N)C4)on3)cc2)cn1. The third-order valence-electron chi connectivity index (χ3n) is 4.69. The molecule has 1 aliphatic rings. The van der Waals surface area contributed by atoms with Gasteiger partial charge >= 0.3 is 0 Å². The Labute approximate surface area is 155 Å². The number of hydrogen-bond acceptors (Lipinski definition) is 6. The fourth-order valence-electron chi connectivity index (χ4n) is 3.12. The Morgan fingerprint density at radius 3 is 2.63 bits per heavy atom. The predicted octanol–water partition coefficient (Wildman–Crippen LogP) is 2.07. The molecule has 8 nitrogen and oxygen atoms in total. The highest BCUT2D eigenvalue weighted by atomic mass is 16.5. The van der Waals surface area contributed by atoms with Gasteiger partial charge in [-0.1, -0.05) is 29.4 Å². The Balaban J connectivity index is 1.40. The molecule has 1 saturated carbocycles. The van der Waals surface area contributed by atoms with Gasteiger partial charge in [0.15, 0.2) is 6.19 Å². The maximum Gasteiger partial charge on any atom is 0.290 e. The smallest absolute Gasteiger partial charge is 0.290 e. The van der Waals surface area contributed by atoms with Crippen molar-refractivity contribution in [2.45, 2.75) is 24.9 Å². The summed E-state index contributed by atoms with van der Waals surface area (Å²) in [5.41, 5.74) is 3.57. The number of carbonyl (C=O) groups is 1. The lowest BCUT2D eigenvalue weighted by molar-refractivity contribution is 0.0868. The summed E-state index contributed by atoms with van der Waals surface area (Å²) in [5.74, 6) is -0.112. The Morgan fingerprint density at radius 1 is 1.22 bits per heavy atom. The van der Waals surface area contributed by atoms with Crippen molar-refractivity contribution in [3.63, 3.8) is 0 Å². The summed E-state index contributed by atoms with van der Waals surface area (Å²) in [5, 5.41) is 22.3. The fraction of sp³-hybridized carbons (Fsp3) is 0.263. The number of aryl methyl sites for hydroxylation is 1. The highest BCUT2D eigenvalue weighted by molar-refractivity contribution is 5.92. The van der Waals surface area contributed by atoms with Gasteiger partial charge in [-0.15, -0.1) is 0 Å². The number of nitrogens with one attached hydrogen (secondary N) is 2. The lowest BCUT2D eigenvalue weighted by Gasteiger charge is -2.34. The van der Waals surface area contributed by atoms with E-state index in [0.29, 0.717) is 5.69 Å². The fourth-order valence-corrected chi connectivity index (χ4v) is 3.12. The van der Waals surface area contributed by atoms with Crippen molar-refractivity contribution in [3.8, 4) is 28.6 Å². The van der Waals surface area contributed by atoms with E-state index in [9.17, 15) is 4.79 Å². The summed E-state index contributed by atoms with van der Waals surface area (Å²) in [6.45, 7) is 0. The normalized spacial score (nSPS) is 18.4. The Bertz CT molecular complexity index is 992.